The third-order valence-corrected chi connectivity index (χ3v) is 4.85. The number of nitrogens with one attached hydrogen (secondary N) is 3. The summed E-state index contributed by atoms with van der Waals surface area (Å²) in [6.45, 7) is 7.03. The normalized spacial score (nSPS) is 11.7. The Morgan fingerprint density at radius 3 is 2.14 bits per heavy atom. The van der Waals surface area contributed by atoms with Crippen LogP contribution in [0, 0.1) is 0 Å². The molecular formula is C23H32N4O2. The molecule has 0 heterocycles. The summed E-state index contributed by atoms with van der Waals surface area (Å²) in [5.74, 6) is -0.0600. The van der Waals surface area contributed by atoms with Gasteiger partial charge in [0.15, 0.2) is 0 Å². The maximum absolute atomic E-state index is 12.2. The minimum Gasteiger partial charge on any atom is -0.354 e. The number of nitrogens with zero attached hydrogens (tertiary/aromatic N) is 1. The zero-order valence-electron chi connectivity index (χ0n) is 17.4. The zero-order valence-corrected chi connectivity index (χ0v) is 17.4. The van der Waals surface area contributed by atoms with Crippen molar-refractivity contribution in [3.8, 4) is 0 Å². The summed E-state index contributed by atoms with van der Waals surface area (Å²) in [6, 6.07) is 19.5. The van der Waals surface area contributed by atoms with Crippen molar-refractivity contribution in [2.75, 3.05) is 31.5 Å². The number of urea groups is 1. The monoisotopic (exact) mass is 396 g/mol. The SMILES string of the molecule is CCN(CC)[C@H](CNC(=O)CCNC(=O)Nc1ccccc1)Cc1ccccc1. The van der Waals surface area contributed by atoms with Crippen molar-refractivity contribution < 1.29 is 9.59 Å². The molecule has 6 heteroatoms. The Morgan fingerprint density at radius 1 is 0.897 bits per heavy atom. The lowest BCUT2D eigenvalue weighted by atomic mass is 10.0. The molecule has 2 aromatic carbocycles. The summed E-state index contributed by atoms with van der Waals surface area (Å²) in [5, 5.41) is 8.47. The van der Waals surface area contributed by atoms with Crippen LogP contribution in [0.4, 0.5) is 10.5 Å². The second kappa shape index (κ2) is 12.6. The molecule has 0 saturated heterocycles. The molecule has 0 aliphatic rings. The van der Waals surface area contributed by atoms with Gasteiger partial charge in [-0.25, -0.2) is 4.79 Å². The zero-order chi connectivity index (χ0) is 20.9. The first kappa shape index (κ1) is 22.4. The largest absolute Gasteiger partial charge is 0.354 e. The van der Waals surface area contributed by atoms with E-state index in [4.69, 9.17) is 0 Å². The average molecular weight is 397 g/mol. The van der Waals surface area contributed by atoms with Crippen molar-refractivity contribution in [3.05, 3.63) is 66.2 Å². The van der Waals surface area contributed by atoms with Gasteiger partial charge in [0.25, 0.3) is 0 Å². The molecular weight excluding hydrogens is 364 g/mol. The number of likely N-dealkylation sites (N-methyl/N-ethyl adjacent to an activating group) is 1. The number of hydrogen-bond donors (Lipinski definition) is 3. The molecule has 0 saturated carbocycles. The van der Waals surface area contributed by atoms with Crippen LogP contribution in [-0.4, -0.2) is 49.1 Å². The summed E-state index contributed by atoms with van der Waals surface area (Å²) in [7, 11) is 0. The molecule has 0 aromatic heterocycles. The van der Waals surface area contributed by atoms with Gasteiger partial charge in [-0.05, 0) is 37.2 Å². The molecule has 156 valence electrons. The number of benzene rings is 2. The fraction of sp³-hybridized carbons (Fsp3) is 0.391. The van der Waals surface area contributed by atoms with Crippen molar-refractivity contribution in [1.29, 1.82) is 0 Å². The van der Waals surface area contributed by atoms with E-state index in [2.05, 4.69) is 46.8 Å². The van der Waals surface area contributed by atoms with Gasteiger partial charge in [0.1, 0.15) is 0 Å². The number of para-hydroxylation sites is 1. The van der Waals surface area contributed by atoms with Gasteiger partial charge >= 0.3 is 6.03 Å². The highest BCUT2D eigenvalue weighted by molar-refractivity contribution is 5.89. The Bertz CT molecular complexity index is 733. The summed E-state index contributed by atoms with van der Waals surface area (Å²) in [5.41, 5.74) is 1.98. The third-order valence-electron chi connectivity index (χ3n) is 4.85. The van der Waals surface area contributed by atoms with E-state index in [1.807, 2.05) is 48.5 Å². The van der Waals surface area contributed by atoms with E-state index in [1.54, 1.807) is 0 Å². The van der Waals surface area contributed by atoms with Gasteiger partial charge < -0.3 is 16.0 Å². The van der Waals surface area contributed by atoms with Crippen LogP contribution in [0.5, 0.6) is 0 Å². The molecule has 2 aromatic rings. The summed E-state index contributed by atoms with van der Waals surface area (Å²) >= 11 is 0. The van der Waals surface area contributed by atoms with Crippen molar-refractivity contribution in [1.82, 2.24) is 15.5 Å². The van der Waals surface area contributed by atoms with Crippen LogP contribution in [0.25, 0.3) is 0 Å². The first-order valence-electron chi connectivity index (χ1n) is 10.3. The molecule has 3 N–H and O–H groups in total. The second-order valence-corrected chi connectivity index (χ2v) is 6.87. The van der Waals surface area contributed by atoms with Gasteiger partial charge in [0.2, 0.25) is 5.91 Å². The van der Waals surface area contributed by atoms with Crippen LogP contribution in [-0.2, 0) is 11.2 Å². The maximum atomic E-state index is 12.2. The molecule has 2 rings (SSSR count). The molecule has 0 fully saturated rings. The van der Waals surface area contributed by atoms with E-state index >= 15 is 0 Å². The minimum atomic E-state index is -0.311. The number of carbonyl (C=O) groups excluding carboxylic acids is 2. The molecule has 0 unspecified atom stereocenters. The minimum absolute atomic E-state index is 0.0600. The van der Waals surface area contributed by atoms with Crippen LogP contribution in [0.1, 0.15) is 25.8 Å². The van der Waals surface area contributed by atoms with Crippen LogP contribution in [0.3, 0.4) is 0 Å². The maximum Gasteiger partial charge on any atom is 0.319 e. The number of hydrogen-bond acceptors (Lipinski definition) is 3. The fourth-order valence-corrected chi connectivity index (χ4v) is 3.26. The summed E-state index contributed by atoms with van der Waals surface area (Å²) < 4.78 is 0. The lowest BCUT2D eigenvalue weighted by Gasteiger charge is -2.30. The van der Waals surface area contributed by atoms with Gasteiger partial charge in [-0.3, -0.25) is 9.69 Å². The van der Waals surface area contributed by atoms with Crippen molar-refractivity contribution in [2.24, 2.45) is 0 Å². The Kier molecular flexibility index (Phi) is 9.72. The average Bonchev–Trinajstić information content (AvgIpc) is 2.74. The molecule has 6 nitrogen and oxygen atoms in total. The molecule has 0 spiro atoms. The molecule has 29 heavy (non-hydrogen) atoms. The van der Waals surface area contributed by atoms with E-state index in [-0.39, 0.29) is 24.4 Å². The van der Waals surface area contributed by atoms with Gasteiger partial charge in [-0.2, -0.15) is 0 Å². The predicted molar refractivity (Wildman–Crippen MR) is 118 cm³/mol. The van der Waals surface area contributed by atoms with E-state index in [0.29, 0.717) is 13.1 Å². The highest BCUT2D eigenvalue weighted by Crippen LogP contribution is 2.09. The lowest BCUT2D eigenvalue weighted by molar-refractivity contribution is -0.121. The Labute approximate surface area is 173 Å². The quantitative estimate of drug-likeness (QED) is 0.546. The van der Waals surface area contributed by atoms with Crippen LogP contribution >= 0.6 is 0 Å². The van der Waals surface area contributed by atoms with Crippen molar-refractivity contribution in [3.63, 3.8) is 0 Å². The van der Waals surface area contributed by atoms with E-state index in [0.717, 1.165) is 25.2 Å². The van der Waals surface area contributed by atoms with E-state index in [9.17, 15) is 9.59 Å². The van der Waals surface area contributed by atoms with Gasteiger partial charge in [-0.15, -0.1) is 0 Å². The predicted octanol–water partition coefficient (Wildman–Crippen LogP) is 3.27. The molecule has 0 aliphatic carbocycles. The van der Waals surface area contributed by atoms with Crippen molar-refractivity contribution in [2.45, 2.75) is 32.7 Å². The van der Waals surface area contributed by atoms with Gasteiger partial charge in [0.05, 0.1) is 0 Å². The van der Waals surface area contributed by atoms with Gasteiger partial charge in [-0.1, -0.05) is 62.4 Å². The summed E-state index contributed by atoms with van der Waals surface area (Å²) in [4.78, 5) is 26.5. The molecule has 3 amide bonds. The second-order valence-electron chi connectivity index (χ2n) is 6.87. The first-order valence-corrected chi connectivity index (χ1v) is 10.3. The van der Waals surface area contributed by atoms with Crippen LogP contribution in [0.2, 0.25) is 0 Å². The molecule has 1 atom stereocenters. The molecule has 0 bridgehead atoms. The van der Waals surface area contributed by atoms with Crippen LogP contribution < -0.4 is 16.0 Å². The third kappa shape index (κ3) is 8.35. The fourth-order valence-electron chi connectivity index (χ4n) is 3.26. The smallest absolute Gasteiger partial charge is 0.319 e. The Morgan fingerprint density at radius 2 is 1.52 bits per heavy atom. The lowest BCUT2D eigenvalue weighted by Crippen LogP contribution is -2.45. The van der Waals surface area contributed by atoms with E-state index in [1.165, 1.54) is 5.56 Å². The number of anilines is 1. The summed E-state index contributed by atoms with van der Waals surface area (Å²) in [6.07, 6.45) is 1.14. The highest BCUT2D eigenvalue weighted by atomic mass is 16.2. The van der Waals surface area contributed by atoms with Gasteiger partial charge in [0, 0.05) is 31.2 Å². The highest BCUT2D eigenvalue weighted by Gasteiger charge is 2.17. The molecule has 0 radical (unpaired) electrons. The number of carbonyl (C=O) groups is 2. The first-order chi connectivity index (χ1) is 14.1. The topological polar surface area (TPSA) is 73.5 Å². The van der Waals surface area contributed by atoms with Crippen LogP contribution in [0.15, 0.2) is 60.7 Å². The Hall–Kier alpha value is -2.86. The number of amides is 3. The van der Waals surface area contributed by atoms with E-state index < -0.39 is 0 Å². The Balaban J connectivity index is 1.74. The number of rotatable bonds is 11. The van der Waals surface area contributed by atoms with Crippen molar-refractivity contribution >= 4 is 17.6 Å². The standard InChI is InChI=1S/C23H32N4O2/c1-3-27(4-2)21(17-19-11-7-5-8-12-19)18-25-22(28)15-16-24-23(29)26-20-13-9-6-10-14-20/h5-14,21H,3-4,15-18H2,1-2H3,(H,25,28)(H2,24,26,29)/t21-/m0/s1. The molecule has 0 aliphatic heterocycles.